The van der Waals surface area contributed by atoms with Crippen molar-refractivity contribution in [1.29, 1.82) is 0 Å². The van der Waals surface area contributed by atoms with Crippen molar-refractivity contribution in [2.24, 2.45) is 5.41 Å². The smallest absolute Gasteiger partial charge is 0.304 e. The molecule has 13 heavy (non-hydrogen) atoms. The van der Waals surface area contributed by atoms with E-state index >= 15 is 0 Å². The molecule has 0 aromatic carbocycles. The molecular formula is C9H18O3S. The van der Waals surface area contributed by atoms with E-state index in [0.29, 0.717) is 5.75 Å². The lowest BCUT2D eigenvalue weighted by Crippen LogP contribution is -2.13. The highest BCUT2D eigenvalue weighted by atomic mass is 32.2. The Bertz CT molecular complexity index is 194. The van der Waals surface area contributed by atoms with Gasteiger partial charge < -0.3 is 5.11 Å². The lowest BCUT2D eigenvalue weighted by atomic mass is 9.94. The van der Waals surface area contributed by atoms with Crippen molar-refractivity contribution in [3.05, 3.63) is 0 Å². The molecule has 0 aliphatic heterocycles. The summed E-state index contributed by atoms with van der Waals surface area (Å²) in [6, 6.07) is 0. The van der Waals surface area contributed by atoms with Crippen LogP contribution in [0.15, 0.2) is 0 Å². The van der Waals surface area contributed by atoms with Crippen molar-refractivity contribution >= 4 is 16.8 Å². The van der Waals surface area contributed by atoms with Crippen molar-refractivity contribution in [1.82, 2.24) is 0 Å². The van der Waals surface area contributed by atoms with Crippen LogP contribution in [-0.4, -0.2) is 26.8 Å². The third-order valence-electron chi connectivity index (χ3n) is 1.62. The molecule has 1 atom stereocenters. The first-order valence-electron chi connectivity index (χ1n) is 4.38. The molecule has 0 amide bonds. The van der Waals surface area contributed by atoms with Gasteiger partial charge in [0.05, 0.1) is 6.42 Å². The summed E-state index contributed by atoms with van der Waals surface area (Å²) in [5.74, 6) is 0.0199. The van der Waals surface area contributed by atoms with E-state index in [9.17, 15) is 9.00 Å². The first kappa shape index (κ1) is 12.6. The summed E-state index contributed by atoms with van der Waals surface area (Å²) in [5, 5.41) is 8.36. The minimum Gasteiger partial charge on any atom is -0.481 e. The summed E-state index contributed by atoms with van der Waals surface area (Å²) in [4.78, 5) is 10.2. The van der Waals surface area contributed by atoms with Gasteiger partial charge in [-0.05, 0) is 11.8 Å². The molecule has 0 aromatic heterocycles. The van der Waals surface area contributed by atoms with Crippen molar-refractivity contribution in [2.45, 2.75) is 33.6 Å². The summed E-state index contributed by atoms with van der Waals surface area (Å²) in [6.45, 7) is 6.25. The minimum atomic E-state index is -0.968. The Morgan fingerprint density at radius 2 is 1.85 bits per heavy atom. The SMILES string of the molecule is CC(C)(C)CCS(=O)CCC(=O)O. The van der Waals surface area contributed by atoms with Crippen LogP contribution in [0.2, 0.25) is 0 Å². The molecule has 0 aliphatic carbocycles. The molecule has 0 radical (unpaired) electrons. The van der Waals surface area contributed by atoms with Crippen LogP contribution in [0.4, 0.5) is 0 Å². The fourth-order valence-electron chi connectivity index (χ4n) is 0.723. The molecule has 0 rings (SSSR count). The second-order valence-corrected chi connectivity index (χ2v) is 6.00. The Balaban J connectivity index is 3.58. The van der Waals surface area contributed by atoms with Gasteiger partial charge in [0.25, 0.3) is 0 Å². The molecule has 0 aliphatic rings. The van der Waals surface area contributed by atoms with E-state index in [2.05, 4.69) is 20.8 Å². The Morgan fingerprint density at radius 3 is 2.23 bits per heavy atom. The second-order valence-electron chi connectivity index (χ2n) is 4.30. The summed E-state index contributed by atoms with van der Waals surface area (Å²) in [7, 11) is -0.968. The lowest BCUT2D eigenvalue weighted by molar-refractivity contribution is -0.136. The number of aliphatic carboxylic acids is 1. The maximum absolute atomic E-state index is 11.2. The standard InChI is InChI=1S/C9H18O3S/c1-9(2,3)5-7-13(12)6-4-8(10)11/h4-7H2,1-3H3,(H,10,11). The maximum atomic E-state index is 11.2. The molecule has 4 heteroatoms. The molecule has 0 heterocycles. The molecule has 1 unspecified atom stereocenters. The molecule has 0 saturated carbocycles. The van der Waals surface area contributed by atoms with Gasteiger partial charge in [0, 0.05) is 22.3 Å². The molecule has 0 saturated heterocycles. The first-order valence-corrected chi connectivity index (χ1v) is 5.87. The lowest BCUT2D eigenvalue weighted by Gasteiger charge is -2.16. The van der Waals surface area contributed by atoms with Crippen LogP contribution in [0.1, 0.15) is 33.6 Å². The van der Waals surface area contributed by atoms with E-state index in [1.807, 2.05) is 0 Å². The van der Waals surface area contributed by atoms with Crippen LogP contribution in [0, 0.1) is 5.41 Å². The number of rotatable bonds is 5. The Morgan fingerprint density at radius 1 is 1.31 bits per heavy atom. The van der Waals surface area contributed by atoms with Crippen LogP contribution in [-0.2, 0) is 15.6 Å². The van der Waals surface area contributed by atoms with Crippen molar-refractivity contribution in [3.63, 3.8) is 0 Å². The quantitative estimate of drug-likeness (QED) is 0.744. The van der Waals surface area contributed by atoms with Crippen LogP contribution in [0.3, 0.4) is 0 Å². The molecule has 0 fully saturated rings. The zero-order valence-electron chi connectivity index (χ0n) is 8.50. The van der Waals surface area contributed by atoms with Crippen LogP contribution >= 0.6 is 0 Å². The number of hydrogen-bond acceptors (Lipinski definition) is 2. The minimum absolute atomic E-state index is 0.0107. The summed E-state index contributed by atoms with van der Waals surface area (Å²) >= 11 is 0. The normalized spacial score (nSPS) is 14.1. The Labute approximate surface area is 82.0 Å². The molecule has 0 bridgehead atoms. The summed E-state index contributed by atoms with van der Waals surface area (Å²) < 4.78 is 11.2. The predicted molar refractivity (Wildman–Crippen MR) is 54.2 cm³/mol. The van der Waals surface area contributed by atoms with Crippen LogP contribution in [0.25, 0.3) is 0 Å². The first-order chi connectivity index (χ1) is 5.81. The van der Waals surface area contributed by atoms with Gasteiger partial charge in [0.1, 0.15) is 0 Å². The third kappa shape index (κ3) is 9.53. The Hall–Kier alpha value is -0.380. The fourth-order valence-corrected chi connectivity index (χ4v) is 2.17. The zero-order chi connectivity index (χ0) is 10.5. The van der Waals surface area contributed by atoms with Gasteiger partial charge in [-0.2, -0.15) is 0 Å². The average molecular weight is 206 g/mol. The van der Waals surface area contributed by atoms with Gasteiger partial charge in [-0.15, -0.1) is 0 Å². The molecule has 0 aromatic rings. The number of carboxylic acid groups (broad SMARTS) is 1. The van der Waals surface area contributed by atoms with Gasteiger partial charge in [0.2, 0.25) is 0 Å². The van der Waals surface area contributed by atoms with E-state index < -0.39 is 16.8 Å². The second kappa shape index (κ2) is 5.37. The average Bonchev–Trinajstić information content (AvgIpc) is 1.95. The summed E-state index contributed by atoms with van der Waals surface area (Å²) in [6.07, 6.45) is 0.885. The maximum Gasteiger partial charge on any atom is 0.304 e. The molecule has 1 N–H and O–H groups in total. The fraction of sp³-hybridized carbons (Fsp3) is 0.889. The highest BCUT2D eigenvalue weighted by molar-refractivity contribution is 7.84. The largest absolute Gasteiger partial charge is 0.481 e. The van der Waals surface area contributed by atoms with Gasteiger partial charge in [-0.25, -0.2) is 0 Å². The highest BCUT2D eigenvalue weighted by Gasteiger charge is 2.12. The summed E-state index contributed by atoms with van der Waals surface area (Å²) in [5.41, 5.74) is 0.179. The van der Waals surface area contributed by atoms with Gasteiger partial charge in [-0.1, -0.05) is 20.8 Å². The topological polar surface area (TPSA) is 54.4 Å². The van der Waals surface area contributed by atoms with Crippen LogP contribution in [0.5, 0.6) is 0 Å². The van der Waals surface area contributed by atoms with E-state index in [0.717, 1.165) is 6.42 Å². The Kier molecular flexibility index (Phi) is 5.21. The van der Waals surface area contributed by atoms with E-state index in [1.54, 1.807) is 0 Å². The molecule has 0 spiro atoms. The molecule has 78 valence electrons. The van der Waals surface area contributed by atoms with Crippen molar-refractivity contribution < 1.29 is 14.1 Å². The number of carboxylic acids is 1. The van der Waals surface area contributed by atoms with E-state index in [1.165, 1.54) is 0 Å². The number of carbonyl (C=O) groups is 1. The van der Waals surface area contributed by atoms with E-state index in [-0.39, 0.29) is 17.6 Å². The van der Waals surface area contributed by atoms with Gasteiger partial charge >= 0.3 is 5.97 Å². The van der Waals surface area contributed by atoms with Gasteiger partial charge in [0.15, 0.2) is 0 Å². The monoisotopic (exact) mass is 206 g/mol. The van der Waals surface area contributed by atoms with Crippen molar-refractivity contribution in [3.8, 4) is 0 Å². The zero-order valence-corrected chi connectivity index (χ0v) is 9.32. The predicted octanol–water partition coefficient (Wildman–Crippen LogP) is 1.65. The van der Waals surface area contributed by atoms with Crippen LogP contribution < -0.4 is 0 Å². The van der Waals surface area contributed by atoms with E-state index in [4.69, 9.17) is 5.11 Å². The van der Waals surface area contributed by atoms with Gasteiger partial charge in [-0.3, -0.25) is 9.00 Å². The molecular weight excluding hydrogens is 188 g/mol. The number of hydrogen-bond donors (Lipinski definition) is 1. The third-order valence-corrected chi connectivity index (χ3v) is 2.94. The highest BCUT2D eigenvalue weighted by Crippen LogP contribution is 2.18. The van der Waals surface area contributed by atoms with Crippen molar-refractivity contribution in [2.75, 3.05) is 11.5 Å². The molecule has 3 nitrogen and oxygen atoms in total.